The van der Waals surface area contributed by atoms with Gasteiger partial charge in [0.1, 0.15) is 23.2 Å². The first-order chi connectivity index (χ1) is 10.2. The lowest BCUT2D eigenvalue weighted by atomic mass is 10.0. The number of ether oxygens (including phenoxy) is 1. The molecule has 0 amide bonds. The summed E-state index contributed by atoms with van der Waals surface area (Å²) in [5, 5.41) is 3.36. The fourth-order valence-electron chi connectivity index (χ4n) is 2.59. The molecule has 21 heavy (non-hydrogen) atoms. The maximum Gasteiger partial charge on any atom is 0.129 e. The number of anilines is 1. The monoisotopic (exact) mass is 287 g/mol. The molecule has 0 aliphatic carbocycles. The maximum atomic E-state index is 5.56. The van der Waals surface area contributed by atoms with E-state index in [1.807, 2.05) is 32.0 Å². The van der Waals surface area contributed by atoms with E-state index in [-0.39, 0.29) is 0 Å². The molecule has 3 heterocycles. The van der Waals surface area contributed by atoms with Gasteiger partial charge in [0.2, 0.25) is 0 Å². The molecule has 1 saturated heterocycles. The molecule has 1 fully saturated rings. The van der Waals surface area contributed by atoms with Crippen molar-refractivity contribution in [2.24, 2.45) is 0 Å². The maximum absolute atomic E-state index is 5.56. The molecular weight excluding hydrogens is 266 g/mol. The van der Waals surface area contributed by atoms with Gasteiger partial charge >= 0.3 is 0 Å². The number of nitrogens with zero attached hydrogens (tertiary/aromatic N) is 2. The second kappa shape index (κ2) is 6.26. The van der Waals surface area contributed by atoms with Gasteiger partial charge in [-0.15, -0.1) is 0 Å². The third-order valence-electron chi connectivity index (χ3n) is 3.68. The quantitative estimate of drug-likeness (QED) is 0.916. The third kappa shape index (κ3) is 3.61. The molecule has 1 N–H and O–H groups in total. The molecule has 0 unspecified atom stereocenters. The molecule has 0 saturated carbocycles. The van der Waals surface area contributed by atoms with E-state index in [9.17, 15) is 0 Å². The minimum Gasteiger partial charge on any atom is -0.466 e. The van der Waals surface area contributed by atoms with Gasteiger partial charge in [-0.2, -0.15) is 0 Å². The zero-order valence-corrected chi connectivity index (χ0v) is 12.6. The summed E-state index contributed by atoms with van der Waals surface area (Å²) in [5.41, 5.74) is 1.08. The zero-order valence-electron chi connectivity index (χ0n) is 12.6. The Bertz CT molecular complexity index is 603. The highest BCUT2D eigenvalue weighted by molar-refractivity contribution is 5.37. The van der Waals surface area contributed by atoms with Crippen molar-refractivity contribution in [2.45, 2.75) is 32.6 Å². The van der Waals surface area contributed by atoms with Crippen LogP contribution in [0.2, 0.25) is 0 Å². The van der Waals surface area contributed by atoms with Crippen molar-refractivity contribution in [3.8, 4) is 0 Å². The van der Waals surface area contributed by atoms with Crippen molar-refractivity contribution in [3.63, 3.8) is 0 Å². The molecule has 112 valence electrons. The summed E-state index contributed by atoms with van der Waals surface area (Å²) in [7, 11) is 0. The lowest BCUT2D eigenvalue weighted by Gasteiger charge is -2.11. The number of hydrogen-bond donors (Lipinski definition) is 1. The third-order valence-corrected chi connectivity index (χ3v) is 3.68. The van der Waals surface area contributed by atoms with Crippen LogP contribution in [0.5, 0.6) is 0 Å². The lowest BCUT2D eigenvalue weighted by molar-refractivity contribution is 0.193. The fraction of sp³-hybridized carbons (Fsp3) is 0.500. The van der Waals surface area contributed by atoms with Crippen molar-refractivity contribution in [2.75, 3.05) is 25.1 Å². The van der Waals surface area contributed by atoms with Crippen LogP contribution in [-0.4, -0.2) is 29.7 Å². The van der Waals surface area contributed by atoms with Crippen molar-refractivity contribution >= 4 is 5.82 Å². The van der Waals surface area contributed by atoms with Gasteiger partial charge in [-0.25, -0.2) is 9.97 Å². The second-order valence-electron chi connectivity index (χ2n) is 5.47. The number of hydrogen-bond acceptors (Lipinski definition) is 5. The summed E-state index contributed by atoms with van der Waals surface area (Å²) in [4.78, 5) is 8.98. The van der Waals surface area contributed by atoms with Crippen LogP contribution in [-0.2, 0) is 11.2 Å². The number of rotatable bonds is 5. The van der Waals surface area contributed by atoms with Crippen LogP contribution >= 0.6 is 0 Å². The highest BCUT2D eigenvalue weighted by Gasteiger charge is 2.20. The average molecular weight is 287 g/mol. The van der Waals surface area contributed by atoms with Crippen LogP contribution in [0.15, 0.2) is 22.6 Å². The largest absolute Gasteiger partial charge is 0.466 e. The Balaban J connectivity index is 1.61. The number of furan rings is 1. The van der Waals surface area contributed by atoms with E-state index < -0.39 is 0 Å². The van der Waals surface area contributed by atoms with Gasteiger partial charge < -0.3 is 14.5 Å². The van der Waals surface area contributed by atoms with Crippen LogP contribution in [0, 0.1) is 13.8 Å². The fourth-order valence-corrected chi connectivity index (χ4v) is 2.59. The van der Waals surface area contributed by atoms with Crippen LogP contribution in [0.1, 0.15) is 35.4 Å². The van der Waals surface area contributed by atoms with Crippen LogP contribution < -0.4 is 5.32 Å². The first-order valence-electron chi connectivity index (χ1n) is 7.43. The minimum absolute atomic E-state index is 0.403. The molecule has 1 aliphatic rings. The molecule has 0 bridgehead atoms. The Kier molecular flexibility index (Phi) is 4.20. The standard InChI is InChI=1S/C16H21N3O2/c1-11-3-4-14(21-11)5-7-17-16-9-15(18-12(2)19-16)13-6-8-20-10-13/h3-4,9,13H,5-8,10H2,1-2H3,(H,17,18,19)/t13-/m1/s1. The summed E-state index contributed by atoms with van der Waals surface area (Å²) < 4.78 is 11.0. The molecule has 0 radical (unpaired) electrons. The lowest BCUT2D eigenvalue weighted by Crippen LogP contribution is -2.10. The summed E-state index contributed by atoms with van der Waals surface area (Å²) in [6.45, 7) is 6.28. The predicted octanol–water partition coefficient (Wildman–Crippen LogP) is 2.84. The van der Waals surface area contributed by atoms with Gasteiger partial charge in [0.05, 0.1) is 12.3 Å². The molecule has 1 aliphatic heterocycles. The molecule has 3 rings (SSSR count). The molecule has 0 spiro atoms. The van der Waals surface area contributed by atoms with E-state index in [0.717, 1.165) is 61.5 Å². The van der Waals surface area contributed by atoms with E-state index in [4.69, 9.17) is 9.15 Å². The first-order valence-corrected chi connectivity index (χ1v) is 7.43. The van der Waals surface area contributed by atoms with Crippen molar-refractivity contribution in [1.82, 2.24) is 9.97 Å². The summed E-state index contributed by atoms with van der Waals surface area (Å²) in [6.07, 6.45) is 1.89. The van der Waals surface area contributed by atoms with Crippen LogP contribution in [0.3, 0.4) is 0 Å². The Morgan fingerprint density at radius 2 is 2.19 bits per heavy atom. The molecule has 5 nitrogen and oxygen atoms in total. The Morgan fingerprint density at radius 3 is 2.90 bits per heavy atom. The van der Waals surface area contributed by atoms with E-state index in [2.05, 4.69) is 15.3 Å². The second-order valence-corrected chi connectivity index (χ2v) is 5.47. The Morgan fingerprint density at radius 1 is 1.29 bits per heavy atom. The smallest absolute Gasteiger partial charge is 0.129 e. The highest BCUT2D eigenvalue weighted by Crippen LogP contribution is 2.25. The summed E-state index contributed by atoms with van der Waals surface area (Å²) in [6, 6.07) is 6.05. The van der Waals surface area contributed by atoms with Gasteiger partial charge in [0, 0.05) is 31.6 Å². The van der Waals surface area contributed by atoms with E-state index in [1.165, 1.54) is 0 Å². The normalized spacial score (nSPS) is 18.1. The highest BCUT2D eigenvalue weighted by atomic mass is 16.5. The minimum atomic E-state index is 0.403. The average Bonchev–Trinajstić information content (AvgIpc) is 3.10. The van der Waals surface area contributed by atoms with E-state index in [0.29, 0.717) is 5.92 Å². The van der Waals surface area contributed by atoms with Gasteiger partial charge in [-0.3, -0.25) is 0 Å². The van der Waals surface area contributed by atoms with Gasteiger partial charge in [-0.05, 0) is 32.4 Å². The molecular formula is C16H21N3O2. The van der Waals surface area contributed by atoms with Gasteiger partial charge in [-0.1, -0.05) is 0 Å². The molecule has 5 heteroatoms. The number of aromatic nitrogens is 2. The molecule has 2 aromatic heterocycles. The van der Waals surface area contributed by atoms with Crippen LogP contribution in [0.25, 0.3) is 0 Å². The van der Waals surface area contributed by atoms with Gasteiger partial charge in [0.25, 0.3) is 0 Å². The molecule has 1 atom stereocenters. The molecule has 2 aromatic rings. The SMILES string of the molecule is Cc1nc(NCCc2ccc(C)o2)cc([C@@H]2CCOC2)n1. The van der Waals surface area contributed by atoms with Crippen molar-refractivity contribution in [3.05, 3.63) is 41.2 Å². The summed E-state index contributed by atoms with van der Waals surface area (Å²) in [5.74, 6) is 4.03. The summed E-state index contributed by atoms with van der Waals surface area (Å²) >= 11 is 0. The van der Waals surface area contributed by atoms with Crippen molar-refractivity contribution in [1.29, 1.82) is 0 Å². The predicted molar refractivity (Wildman–Crippen MR) is 80.6 cm³/mol. The zero-order chi connectivity index (χ0) is 14.7. The van der Waals surface area contributed by atoms with Crippen LogP contribution in [0.4, 0.5) is 5.82 Å². The Hall–Kier alpha value is -1.88. The van der Waals surface area contributed by atoms with Crippen molar-refractivity contribution < 1.29 is 9.15 Å². The van der Waals surface area contributed by atoms with E-state index in [1.54, 1.807) is 0 Å². The first kappa shape index (κ1) is 14.1. The topological polar surface area (TPSA) is 60.2 Å². The number of nitrogens with one attached hydrogen (secondary N) is 1. The van der Waals surface area contributed by atoms with Gasteiger partial charge in [0.15, 0.2) is 0 Å². The molecule has 0 aromatic carbocycles. The van der Waals surface area contributed by atoms with E-state index >= 15 is 0 Å². The number of aryl methyl sites for hydroxylation is 2. The Labute approximate surface area is 124 Å².